The SMILES string of the molecule is NS(=O)(=O)CC1=CCCC1. The van der Waals surface area contributed by atoms with Crippen molar-refractivity contribution in [3.63, 3.8) is 0 Å². The first-order valence-electron chi connectivity index (χ1n) is 3.26. The Bertz CT molecular complexity index is 240. The quantitative estimate of drug-likeness (QED) is 0.595. The first-order chi connectivity index (χ1) is 4.58. The predicted molar refractivity (Wildman–Crippen MR) is 39.9 cm³/mol. The molecule has 0 saturated carbocycles. The third-order valence-electron chi connectivity index (χ3n) is 1.52. The van der Waals surface area contributed by atoms with Crippen LogP contribution in [0.2, 0.25) is 0 Å². The van der Waals surface area contributed by atoms with Gasteiger partial charge in [-0.25, -0.2) is 13.6 Å². The summed E-state index contributed by atoms with van der Waals surface area (Å²) in [5.41, 5.74) is 0.975. The number of hydrogen-bond acceptors (Lipinski definition) is 2. The van der Waals surface area contributed by atoms with E-state index in [1.54, 1.807) is 0 Å². The minimum absolute atomic E-state index is 0.0486. The molecule has 0 atom stereocenters. The van der Waals surface area contributed by atoms with Crippen LogP contribution in [-0.4, -0.2) is 14.2 Å². The highest BCUT2D eigenvalue weighted by Gasteiger charge is 2.10. The van der Waals surface area contributed by atoms with Crippen molar-refractivity contribution in [2.24, 2.45) is 5.14 Å². The number of rotatable bonds is 2. The highest BCUT2D eigenvalue weighted by Crippen LogP contribution is 2.17. The monoisotopic (exact) mass is 161 g/mol. The summed E-state index contributed by atoms with van der Waals surface area (Å²) in [6, 6.07) is 0. The van der Waals surface area contributed by atoms with Crippen LogP contribution in [0.5, 0.6) is 0 Å². The number of hydrogen-bond donors (Lipinski definition) is 1. The standard InChI is InChI=1S/C6H11NO2S/c7-10(8,9)5-6-3-1-2-4-6/h3H,1-2,4-5H2,(H2,7,8,9). The maximum absolute atomic E-state index is 10.5. The number of sulfonamides is 1. The summed E-state index contributed by atoms with van der Waals surface area (Å²) in [4.78, 5) is 0. The van der Waals surface area contributed by atoms with Crippen LogP contribution in [-0.2, 0) is 10.0 Å². The average molecular weight is 161 g/mol. The summed E-state index contributed by atoms with van der Waals surface area (Å²) in [6.07, 6.45) is 4.94. The second-order valence-electron chi connectivity index (χ2n) is 2.56. The second-order valence-corrected chi connectivity index (χ2v) is 4.18. The summed E-state index contributed by atoms with van der Waals surface area (Å²) < 4.78 is 21.0. The van der Waals surface area contributed by atoms with Gasteiger partial charge in [-0.2, -0.15) is 0 Å². The fourth-order valence-corrected chi connectivity index (χ4v) is 1.91. The summed E-state index contributed by atoms with van der Waals surface area (Å²) in [5, 5.41) is 4.85. The molecular formula is C6H11NO2S. The van der Waals surface area contributed by atoms with E-state index in [9.17, 15) is 8.42 Å². The number of allylic oxidation sites excluding steroid dienone is 1. The molecular weight excluding hydrogens is 150 g/mol. The lowest BCUT2D eigenvalue weighted by Crippen LogP contribution is -2.17. The molecule has 1 aliphatic rings. The van der Waals surface area contributed by atoms with Crippen molar-refractivity contribution in [1.29, 1.82) is 0 Å². The summed E-state index contributed by atoms with van der Waals surface area (Å²) in [7, 11) is -3.28. The fraction of sp³-hybridized carbons (Fsp3) is 0.667. The van der Waals surface area contributed by atoms with Gasteiger partial charge < -0.3 is 0 Å². The van der Waals surface area contributed by atoms with Crippen LogP contribution in [0.25, 0.3) is 0 Å². The van der Waals surface area contributed by atoms with Crippen molar-refractivity contribution in [2.75, 3.05) is 5.75 Å². The van der Waals surface area contributed by atoms with Crippen molar-refractivity contribution in [3.8, 4) is 0 Å². The van der Waals surface area contributed by atoms with Crippen molar-refractivity contribution in [1.82, 2.24) is 0 Å². The molecule has 0 unspecified atom stereocenters. The lowest BCUT2D eigenvalue weighted by atomic mass is 10.3. The van der Waals surface area contributed by atoms with Crippen LogP contribution in [0.15, 0.2) is 11.6 Å². The van der Waals surface area contributed by atoms with Crippen LogP contribution in [0.3, 0.4) is 0 Å². The van der Waals surface area contributed by atoms with Crippen LogP contribution in [0.4, 0.5) is 0 Å². The van der Waals surface area contributed by atoms with Gasteiger partial charge in [0.1, 0.15) is 0 Å². The van der Waals surface area contributed by atoms with E-state index in [1.807, 2.05) is 6.08 Å². The third kappa shape index (κ3) is 2.49. The Labute approximate surface area is 61.0 Å². The molecule has 0 radical (unpaired) electrons. The second kappa shape index (κ2) is 2.72. The molecule has 0 bridgehead atoms. The summed E-state index contributed by atoms with van der Waals surface area (Å²) in [5.74, 6) is 0.0486. The molecule has 10 heavy (non-hydrogen) atoms. The molecule has 0 spiro atoms. The van der Waals surface area contributed by atoms with E-state index in [2.05, 4.69) is 0 Å². The number of nitrogens with two attached hydrogens (primary N) is 1. The van der Waals surface area contributed by atoms with Gasteiger partial charge in [-0.05, 0) is 19.3 Å². The summed E-state index contributed by atoms with van der Waals surface area (Å²) >= 11 is 0. The Morgan fingerprint density at radius 1 is 1.60 bits per heavy atom. The largest absolute Gasteiger partial charge is 0.228 e. The van der Waals surface area contributed by atoms with E-state index in [0.717, 1.165) is 24.8 Å². The lowest BCUT2D eigenvalue weighted by molar-refractivity contribution is 0.599. The molecule has 0 aromatic heterocycles. The molecule has 2 N–H and O–H groups in total. The smallest absolute Gasteiger partial charge is 0.212 e. The fourth-order valence-electron chi connectivity index (χ4n) is 1.13. The van der Waals surface area contributed by atoms with E-state index in [0.29, 0.717) is 0 Å². The average Bonchev–Trinajstić information content (AvgIpc) is 2.12. The minimum atomic E-state index is -3.28. The molecule has 58 valence electrons. The molecule has 0 aromatic rings. The molecule has 4 heteroatoms. The van der Waals surface area contributed by atoms with Gasteiger partial charge in [0, 0.05) is 0 Å². The Morgan fingerprint density at radius 2 is 2.30 bits per heavy atom. The first kappa shape index (κ1) is 7.75. The van der Waals surface area contributed by atoms with Crippen LogP contribution >= 0.6 is 0 Å². The van der Waals surface area contributed by atoms with Crippen LogP contribution in [0.1, 0.15) is 19.3 Å². The normalized spacial score (nSPS) is 19.1. The Balaban J connectivity index is 2.54. The molecule has 0 aliphatic heterocycles. The van der Waals surface area contributed by atoms with E-state index in [1.165, 1.54) is 0 Å². The van der Waals surface area contributed by atoms with E-state index in [-0.39, 0.29) is 5.75 Å². The van der Waals surface area contributed by atoms with Crippen molar-refractivity contribution >= 4 is 10.0 Å². The van der Waals surface area contributed by atoms with Gasteiger partial charge >= 0.3 is 0 Å². The Hall–Kier alpha value is -0.350. The molecule has 0 heterocycles. The first-order valence-corrected chi connectivity index (χ1v) is 4.98. The van der Waals surface area contributed by atoms with Gasteiger partial charge in [0.25, 0.3) is 0 Å². The number of primary sulfonamides is 1. The van der Waals surface area contributed by atoms with Crippen molar-refractivity contribution in [2.45, 2.75) is 19.3 Å². The van der Waals surface area contributed by atoms with Gasteiger partial charge in [-0.3, -0.25) is 0 Å². The minimum Gasteiger partial charge on any atom is -0.228 e. The van der Waals surface area contributed by atoms with E-state index in [4.69, 9.17) is 5.14 Å². The lowest BCUT2D eigenvalue weighted by Gasteiger charge is -1.96. The zero-order valence-corrected chi connectivity index (χ0v) is 6.52. The highest BCUT2D eigenvalue weighted by atomic mass is 32.2. The maximum Gasteiger partial charge on any atom is 0.212 e. The highest BCUT2D eigenvalue weighted by molar-refractivity contribution is 7.89. The van der Waals surface area contributed by atoms with Gasteiger partial charge in [0.15, 0.2) is 0 Å². The topological polar surface area (TPSA) is 60.2 Å². The molecule has 0 saturated heterocycles. The van der Waals surface area contributed by atoms with Gasteiger partial charge in [0.2, 0.25) is 10.0 Å². The van der Waals surface area contributed by atoms with Gasteiger partial charge in [0.05, 0.1) is 5.75 Å². The van der Waals surface area contributed by atoms with Crippen LogP contribution < -0.4 is 5.14 Å². The van der Waals surface area contributed by atoms with Crippen molar-refractivity contribution < 1.29 is 8.42 Å². The van der Waals surface area contributed by atoms with Crippen LogP contribution in [0, 0.1) is 0 Å². The maximum atomic E-state index is 10.5. The zero-order chi connectivity index (χ0) is 7.61. The van der Waals surface area contributed by atoms with E-state index >= 15 is 0 Å². The molecule has 0 aromatic carbocycles. The van der Waals surface area contributed by atoms with Gasteiger partial charge in [-0.15, -0.1) is 0 Å². The molecule has 3 nitrogen and oxygen atoms in total. The third-order valence-corrected chi connectivity index (χ3v) is 2.29. The summed E-state index contributed by atoms with van der Waals surface area (Å²) in [6.45, 7) is 0. The van der Waals surface area contributed by atoms with Gasteiger partial charge in [-0.1, -0.05) is 11.6 Å². The van der Waals surface area contributed by atoms with E-state index < -0.39 is 10.0 Å². The zero-order valence-electron chi connectivity index (χ0n) is 5.71. The molecule has 0 amide bonds. The van der Waals surface area contributed by atoms with Crippen molar-refractivity contribution in [3.05, 3.63) is 11.6 Å². The Kier molecular flexibility index (Phi) is 2.11. The molecule has 1 aliphatic carbocycles. The Morgan fingerprint density at radius 3 is 2.70 bits per heavy atom. The molecule has 1 rings (SSSR count). The predicted octanol–water partition coefficient (Wildman–Crippen LogP) is 0.385. The molecule has 0 fully saturated rings.